The summed E-state index contributed by atoms with van der Waals surface area (Å²) in [7, 11) is 2.26. The molecule has 1 aliphatic carbocycles. The van der Waals surface area contributed by atoms with Crippen LogP contribution in [0.3, 0.4) is 0 Å². The summed E-state index contributed by atoms with van der Waals surface area (Å²) in [4.78, 5) is 5.10. The van der Waals surface area contributed by atoms with Gasteiger partial charge in [0.2, 0.25) is 0 Å². The fourth-order valence-electron chi connectivity index (χ4n) is 4.59. The summed E-state index contributed by atoms with van der Waals surface area (Å²) >= 11 is 0. The normalized spacial score (nSPS) is 44.3. The van der Waals surface area contributed by atoms with Crippen molar-refractivity contribution in [1.29, 1.82) is 0 Å². The Balaban J connectivity index is 1.34. The quantitative estimate of drug-likeness (QED) is 0.748. The summed E-state index contributed by atoms with van der Waals surface area (Å²) in [5.41, 5.74) is 7.10. The van der Waals surface area contributed by atoms with Crippen molar-refractivity contribution in [2.24, 2.45) is 17.8 Å². The summed E-state index contributed by atoms with van der Waals surface area (Å²) in [5, 5.41) is 0. The SMILES string of the molecule is CN1CC2CN([C@H]3C=CC([C@H]4C=CCCC4)NN3)CC2C1. The molecule has 2 fully saturated rings. The van der Waals surface area contributed by atoms with E-state index in [1.165, 1.54) is 45.4 Å². The Kier molecular flexibility index (Phi) is 3.88. The van der Waals surface area contributed by atoms with E-state index in [4.69, 9.17) is 0 Å². The second-order valence-corrected chi connectivity index (χ2v) is 7.36. The van der Waals surface area contributed by atoms with E-state index in [9.17, 15) is 0 Å². The number of hydrogen-bond donors (Lipinski definition) is 2. The van der Waals surface area contributed by atoms with Gasteiger partial charge in [0.1, 0.15) is 0 Å². The molecule has 3 unspecified atom stereocenters. The molecule has 4 rings (SSSR count). The third-order valence-electron chi connectivity index (χ3n) is 5.74. The number of likely N-dealkylation sites (tertiary alicyclic amines) is 2. The van der Waals surface area contributed by atoms with Crippen molar-refractivity contribution in [3.63, 3.8) is 0 Å². The molecule has 116 valence electrons. The van der Waals surface area contributed by atoms with E-state index in [1.807, 2.05) is 0 Å². The molecular weight excluding hydrogens is 260 g/mol. The number of hydrogen-bond acceptors (Lipinski definition) is 4. The van der Waals surface area contributed by atoms with Crippen LogP contribution in [-0.4, -0.2) is 55.2 Å². The maximum atomic E-state index is 3.55. The highest BCUT2D eigenvalue weighted by Crippen LogP contribution is 2.31. The van der Waals surface area contributed by atoms with E-state index in [0.717, 1.165) is 11.8 Å². The summed E-state index contributed by atoms with van der Waals surface area (Å²) in [6.07, 6.45) is 13.8. The zero-order valence-corrected chi connectivity index (χ0v) is 13.0. The van der Waals surface area contributed by atoms with Gasteiger partial charge in [-0.15, -0.1) is 0 Å². The third-order valence-corrected chi connectivity index (χ3v) is 5.74. The van der Waals surface area contributed by atoms with Gasteiger partial charge in [-0.1, -0.05) is 24.3 Å². The summed E-state index contributed by atoms with van der Waals surface area (Å²) in [6, 6.07) is 0.464. The predicted molar refractivity (Wildman–Crippen MR) is 85.5 cm³/mol. The van der Waals surface area contributed by atoms with Crippen molar-refractivity contribution in [1.82, 2.24) is 20.7 Å². The second kappa shape index (κ2) is 5.84. The Labute approximate surface area is 128 Å². The monoisotopic (exact) mass is 288 g/mol. The van der Waals surface area contributed by atoms with Crippen LogP contribution in [0.15, 0.2) is 24.3 Å². The lowest BCUT2D eigenvalue weighted by molar-refractivity contribution is 0.178. The number of fused-ring (bicyclic) bond motifs is 1. The lowest BCUT2D eigenvalue weighted by atomic mass is 9.89. The van der Waals surface area contributed by atoms with Crippen LogP contribution >= 0.6 is 0 Å². The van der Waals surface area contributed by atoms with Gasteiger partial charge in [0.15, 0.2) is 0 Å². The molecule has 2 N–H and O–H groups in total. The smallest absolute Gasteiger partial charge is 0.0919 e. The molecule has 4 aliphatic rings. The molecule has 3 aliphatic heterocycles. The van der Waals surface area contributed by atoms with E-state index in [-0.39, 0.29) is 0 Å². The van der Waals surface area contributed by atoms with Crippen LogP contribution in [0.1, 0.15) is 19.3 Å². The topological polar surface area (TPSA) is 30.5 Å². The molecule has 0 aromatic carbocycles. The molecule has 0 radical (unpaired) electrons. The summed E-state index contributed by atoms with van der Waals surface area (Å²) < 4.78 is 0. The first-order valence-electron chi connectivity index (χ1n) is 8.58. The molecule has 0 bridgehead atoms. The molecular formula is C17H28N4. The molecule has 0 amide bonds. The van der Waals surface area contributed by atoms with Gasteiger partial charge in [-0.3, -0.25) is 4.90 Å². The van der Waals surface area contributed by atoms with Gasteiger partial charge < -0.3 is 4.90 Å². The fraction of sp³-hybridized carbons (Fsp3) is 0.765. The fourth-order valence-corrected chi connectivity index (χ4v) is 4.59. The van der Waals surface area contributed by atoms with Crippen LogP contribution < -0.4 is 10.9 Å². The van der Waals surface area contributed by atoms with Crippen LogP contribution in [-0.2, 0) is 0 Å². The van der Waals surface area contributed by atoms with Crippen molar-refractivity contribution < 1.29 is 0 Å². The lowest BCUT2D eigenvalue weighted by Gasteiger charge is -2.35. The van der Waals surface area contributed by atoms with E-state index in [1.54, 1.807) is 0 Å². The average Bonchev–Trinajstić information content (AvgIpc) is 3.06. The molecule has 0 saturated carbocycles. The minimum Gasteiger partial charge on any atom is -0.306 e. The van der Waals surface area contributed by atoms with Crippen LogP contribution in [0.5, 0.6) is 0 Å². The largest absolute Gasteiger partial charge is 0.306 e. The Morgan fingerprint density at radius 2 is 1.76 bits per heavy atom. The standard InChI is InChI=1S/C17H28N4/c1-20-9-14-11-21(12-15(14)10-20)17-8-7-16(18-19-17)13-5-3-2-4-6-13/h3,5,7-8,13-19H,2,4,6,9-12H2,1H3/t13-,14?,15?,16?,17-/m0/s1. The van der Waals surface area contributed by atoms with Gasteiger partial charge in [0, 0.05) is 32.2 Å². The van der Waals surface area contributed by atoms with Gasteiger partial charge in [0.05, 0.1) is 6.17 Å². The zero-order chi connectivity index (χ0) is 14.2. The number of nitrogens with one attached hydrogen (secondary N) is 2. The minimum absolute atomic E-state index is 0.379. The first kappa shape index (κ1) is 13.9. The number of rotatable bonds is 2. The third kappa shape index (κ3) is 2.82. The van der Waals surface area contributed by atoms with Gasteiger partial charge in [-0.05, 0) is 44.1 Å². The molecule has 2 saturated heterocycles. The Morgan fingerprint density at radius 3 is 2.38 bits per heavy atom. The molecule has 4 heteroatoms. The molecule has 0 spiro atoms. The Bertz CT molecular complexity index is 419. The van der Waals surface area contributed by atoms with Gasteiger partial charge in [-0.25, -0.2) is 10.9 Å². The van der Waals surface area contributed by atoms with E-state index >= 15 is 0 Å². The van der Waals surface area contributed by atoms with Gasteiger partial charge >= 0.3 is 0 Å². The average molecular weight is 288 g/mol. The highest BCUT2D eigenvalue weighted by molar-refractivity contribution is 5.11. The zero-order valence-electron chi connectivity index (χ0n) is 13.0. The van der Waals surface area contributed by atoms with Crippen molar-refractivity contribution in [2.75, 3.05) is 33.2 Å². The van der Waals surface area contributed by atoms with E-state index in [0.29, 0.717) is 18.1 Å². The summed E-state index contributed by atoms with van der Waals surface area (Å²) in [6.45, 7) is 5.04. The van der Waals surface area contributed by atoms with Crippen LogP contribution in [0.2, 0.25) is 0 Å². The minimum atomic E-state index is 0.379. The first-order valence-corrected chi connectivity index (χ1v) is 8.58. The van der Waals surface area contributed by atoms with Crippen molar-refractivity contribution in [2.45, 2.75) is 31.5 Å². The molecule has 3 heterocycles. The highest BCUT2D eigenvalue weighted by Gasteiger charge is 2.40. The Morgan fingerprint density at radius 1 is 0.952 bits per heavy atom. The Hall–Kier alpha value is -0.680. The molecule has 0 aromatic heterocycles. The van der Waals surface area contributed by atoms with Crippen LogP contribution in [0.25, 0.3) is 0 Å². The van der Waals surface area contributed by atoms with Crippen LogP contribution in [0, 0.1) is 17.8 Å². The first-order chi connectivity index (χ1) is 10.3. The maximum absolute atomic E-state index is 3.55. The van der Waals surface area contributed by atoms with Gasteiger partial charge in [-0.2, -0.15) is 0 Å². The number of nitrogens with zero attached hydrogens (tertiary/aromatic N) is 2. The lowest BCUT2D eigenvalue weighted by Crippen LogP contribution is -2.57. The molecule has 5 atom stereocenters. The van der Waals surface area contributed by atoms with Crippen LogP contribution in [0.4, 0.5) is 0 Å². The predicted octanol–water partition coefficient (Wildman–Crippen LogP) is 1.19. The van der Waals surface area contributed by atoms with Crippen molar-refractivity contribution in [3.8, 4) is 0 Å². The molecule has 0 aromatic rings. The number of allylic oxidation sites excluding steroid dienone is 1. The molecule has 21 heavy (non-hydrogen) atoms. The number of hydrazine groups is 1. The summed E-state index contributed by atoms with van der Waals surface area (Å²) in [5.74, 6) is 2.42. The molecule has 4 nitrogen and oxygen atoms in total. The van der Waals surface area contributed by atoms with E-state index in [2.05, 4.69) is 52.0 Å². The maximum Gasteiger partial charge on any atom is 0.0919 e. The van der Waals surface area contributed by atoms with Gasteiger partial charge in [0.25, 0.3) is 0 Å². The van der Waals surface area contributed by atoms with Crippen molar-refractivity contribution >= 4 is 0 Å². The van der Waals surface area contributed by atoms with Crippen molar-refractivity contribution in [3.05, 3.63) is 24.3 Å². The second-order valence-electron chi connectivity index (χ2n) is 7.36. The van der Waals surface area contributed by atoms with E-state index < -0.39 is 0 Å². The highest BCUT2D eigenvalue weighted by atomic mass is 15.5.